The van der Waals surface area contributed by atoms with Gasteiger partial charge in [-0.1, -0.05) is 42.5 Å². The van der Waals surface area contributed by atoms with Crippen molar-refractivity contribution in [2.45, 2.75) is 18.4 Å². The van der Waals surface area contributed by atoms with Crippen molar-refractivity contribution < 1.29 is 14.6 Å². The summed E-state index contributed by atoms with van der Waals surface area (Å²) in [5.74, 6) is 0.686. The van der Waals surface area contributed by atoms with Crippen molar-refractivity contribution in [3.8, 4) is 5.75 Å². The van der Waals surface area contributed by atoms with E-state index in [2.05, 4.69) is 16.7 Å². The molecule has 5 nitrogen and oxygen atoms in total. The summed E-state index contributed by atoms with van der Waals surface area (Å²) in [5, 5.41) is 16.0. The number of benzene rings is 2. The molecule has 0 bridgehead atoms. The molecule has 1 aliphatic rings. The van der Waals surface area contributed by atoms with Crippen molar-refractivity contribution in [2.75, 3.05) is 26.3 Å². The number of carbonyl (C=O) groups is 1. The zero-order valence-electron chi connectivity index (χ0n) is 14.2. The van der Waals surface area contributed by atoms with Gasteiger partial charge in [-0.3, -0.25) is 10.1 Å². The minimum Gasteiger partial charge on any atom is -0.492 e. The van der Waals surface area contributed by atoms with E-state index < -0.39 is 5.54 Å². The van der Waals surface area contributed by atoms with Gasteiger partial charge in [-0.05, 0) is 36.1 Å². The number of aliphatic hydroxyl groups is 1. The van der Waals surface area contributed by atoms with Gasteiger partial charge in [-0.2, -0.15) is 0 Å². The number of rotatable bonds is 8. The monoisotopic (exact) mass is 340 g/mol. The third-order valence-corrected chi connectivity index (χ3v) is 4.65. The van der Waals surface area contributed by atoms with Crippen LogP contribution in [-0.2, 0) is 16.8 Å². The van der Waals surface area contributed by atoms with Crippen LogP contribution in [0.3, 0.4) is 0 Å². The summed E-state index contributed by atoms with van der Waals surface area (Å²) in [6, 6.07) is 17.6. The molecular weight excluding hydrogens is 316 g/mol. The van der Waals surface area contributed by atoms with Crippen molar-refractivity contribution in [1.29, 1.82) is 0 Å². The zero-order valence-corrected chi connectivity index (χ0v) is 14.2. The number of fused-ring (bicyclic) bond motifs is 1. The van der Waals surface area contributed by atoms with Crippen LogP contribution in [0.4, 0.5) is 0 Å². The van der Waals surface area contributed by atoms with Crippen LogP contribution in [0.15, 0.2) is 54.6 Å². The van der Waals surface area contributed by atoms with E-state index in [4.69, 9.17) is 4.74 Å². The first-order valence-electron chi connectivity index (χ1n) is 8.62. The maximum absolute atomic E-state index is 12.1. The first kappa shape index (κ1) is 17.5. The minimum absolute atomic E-state index is 0.0194. The fourth-order valence-corrected chi connectivity index (χ4v) is 3.28. The molecule has 1 unspecified atom stereocenters. The lowest BCUT2D eigenvalue weighted by Crippen LogP contribution is -2.48. The quantitative estimate of drug-likeness (QED) is 0.639. The first-order valence-corrected chi connectivity index (χ1v) is 8.62. The van der Waals surface area contributed by atoms with Gasteiger partial charge in [-0.25, -0.2) is 0 Å². The SMILES string of the molecule is O=C(CNC1(CO)CCc2ccccc21)NCCOc1ccccc1. The summed E-state index contributed by atoms with van der Waals surface area (Å²) in [6.45, 7) is 1.01. The molecule has 3 rings (SSSR count). The van der Waals surface area contributed by atoms with Crippen molar-refractivity contribution in [1.82, 2.24) is 10.6 Å². The third kappa shape index (κ3) is 4.18. The molecule has 0 fully saturated rings. The van der Waals surface area contributed by atoms with Gasteiger partial charge in [0.25, 0.3) is 0 Å². The fourth-order valence-electron chi connectivity index (χ4n) is 3.28. The second-order valence-electron chi connectivity index (χ2n) is 6.26. The Labute approximate surface area is 148 Å². The molecule has 0 saturated heterocycles. The Morgan fingerprint density at radius 1 is 1.12 bits per heavy atom. The van der Waals surface area contributed by atoms with Crippen LogP contribution >= 0.6 is 0 Å². The summed E-state index contributed by atoms with van der Waals surface area (Å²) >= 11 is 0. The number of para-hydroxylation sites is 1. The molecule has 1 atom stereocenters. The van der Waals surface area contributed by atoms with E-state index in [1.165, 1.54) is 5.56 Å². The Hall–Kier alpha value is -2.37. The molecule has 1 aliphatic carbocycles. The molecule has 0 aromatic heterocycles. The molecule has 5 heteroatoms. The van der Waals surface area contributed by atoms with Gasteiger partial charge in [-0.15, -0.1) is 0 Å². The highest BCUT2D eigenvalue weighted by Gasteiger charge is 2.37. The Balaban J connectivity index is 1.44. The maximum atomic E-state index is 12.1. The van der Waals surface area contributed by atoms with Crippen molar-refractivity contribution in [3.63, 3.8) is 0 Å². The van der Waals surface area contributed by atoms with Crippen molar-refractivity contribution >= 4 is 5.91 Å². The van der Waals surface area contributed by atoms with E-state index in [9.17, 15) is 9.90 Å². The third-order valence-electron chi connectivity index (χ3n) is 4.65. The number of amides is 1. The van der Waals surface area contributed by atoms with Gasteiger partial charge >= 0.3 is 0 Å². The van der Waals surface area contributed by atoms with Gasteiger partial charge < -0.3 is 15.2 Å². The molecule has 0 spiro atoms. The van der Waals surface area contributed by atoms with E-state index in [-0.39, 0.29) is 19.1 Å². The molecule has 0 saturated carbocycles. The minimum atomic E-state index is -0.519. The van der Waals surface area contributed by atoms with Crippen LogP contribution in [0.25, 0.3) is 0 Å². The number of aliphatic hydroxyl groups excluding tert-OH is 1. The van der Waals surface area contributed by atoms with E-state index in [1.807, 2.05) is 48.5 Å². The van der Waals surface area contributed by atoms with Crippen molar-refractivity contribution in [2.24, 2.45) is 0 Å². The fraction of sp³-hybridized carbons (Fsp3) is 0.350. The Morgan fingerprint density at radius 3 is 2.68 bits per heavy atom. The van der Waals surface area contributed by atoms with Gasteiger partial charge in [0.15, 0.2) is 0 Å². The standard InChI is InChI=1S/C20H24N2O3/c23-15-20(11-10-16-6-4-5-9-18(16)20)22-14-19(24)21-12-13-25-17-7-2-1-3-8-17/h1-9,22-23H,10-15H2,(H,21,24). The topological polar surface area (TPSA) is 70.6 Å². The van der Waals surface area contributed by atoms with Crippen LogP contribution in [0.2, 0.25) is 0 Å². The number of hydrogen-bond acceptors (Lipinski definition) is 4. The predicted octanol–water partition coefficient (Wildman–Crippen LogP) is 1.61. The molecular formula is C20H24N2O3. The number of ether oxygens (including phenoxy) is 1. The second kappa shape index (κ2) is 8.14. The van der Waals surface area contributed by atoms with Gasteiger partial charge in [0.05, 0.1) is 25.2 Å². The predicted molar refractivity (Wildman–Crippen MR) is 96.5 cm³/mol. The lowest BCUT2D eigenvalue weighted by molar-refractivity contribution is -0.120. The molecule has 25 heavy (non-hydrogen) atoms. The van der Waals surface area contributed by atoms with E-state index in [0.29, 0.717) is 13.2 Å². The molecule has 0 radical (unpaired) electrons. The second-order valence-corrected chi connectivity index (χ2v) is 6.26. The number of aryl methyl sites for hydroxylation is 1. The highest BCUT2D eigenvalue weighted by Crippen LogP contribution is 2.36. The highest BCUT2D eigenvalue weighted by molar-refractivity contribution is 5.78. The molecule has 2 aromatic carbocycles. The average Bonchev–Trinajstić information content (AvgIpc) is 3.04. The van der Waals surface area contributed by atoms with E-state index >= 15 is 0 Å². The smallest absolute Gasteiger partial charge is 0.234 e. The summed E-state index contributed by atoms with van der Waals surface area (Å²) in [7, 11) is 0. The zero-order chi connectivity index (χ0) is 17.5. The van der Waals surface area contributed by atoms with Crippen LogP contribution in [-0.4, -0.2) is 37.3 Å². The first-order chi connectivity index (χ1) is 12.2. The van der Waals surface area contributed by atoms with Gasteiger partial charge in [0, 0.05) is 0 Å². The molecule has 3 N–H and O–H groups in total. The van der Waals surface area contributed by atoms with E-state index in [1.54, 1.807) is 0 Å². The average molecular weight is 340 g/mol. The lowest BCUT2D eigenvalue weighted by Gasteiger charge is -2.29. The van der Waals surface area contributed by atoms with Gasteiger partial charge in [0.2, 0.25) is 5.91 Å². The lowest BCUT2D eigenvalue weighted by atomic mass is 9.92. The van der Waals surface area contributed by atoms with Gasteiger partial charge in [0.1, 0.15) is 12.4 Å². The van der Waals surface area contributed by atoms with Crippen molar-refractivity contribution in [3.05, 3.63) is 65.7 Å². The molecule has 1 amide bonds. The van der Waals surface area contributed by atoms with Crippen LogP contribution in [0.5, 0.6) is 5.75 Å². The number of nitrogens with one attached hydrogen (secondary N) is 2. The highest BCUT2D eigenvalue weighted by atomic mass is 16.5. The normalized spacial score (nSPS) is 18.6. The van der Waals surface area contributed by atoms with Crippen LogP contribution in [0.1, 0.15) is 17.5 Å². The summed E-state index contributed by atoms with van der Waals surface area (Å²) in [5.41, 5.74) is 1.81. The molecule has 0 aliphatic heterocycles. The Morgan fingerprint density at radius 2 is 1.88 bits per heavy atom. The largest absolute Gasteiger partial charge is 0.492 e. The van der Waals surface area contributed by atoms with Crippen LogP contribution < -0.4 is 15.4 Å². The number of hydrogen-bond donors (Lipinski definition) is 3. The van der Waals surface area contributed by atoms with Crippen LogP contribution in [0, 0.1) is 0 Å². The number of carbonyl (C=O) groups excluding carboxylic acids is 1. The Kier molecular flexibility index (Phi) is 5.68. The molecule has 0 heterocycles. The Bertz CT molecular complexity index is 705. The summed E-state index contributed by atoms with van der Waals surface area (Å²) < 4.78 is 5.55. The maximum Gasteiger partial charge on any atom is 0.234 e. The molecule has 132 valence electrons. The summed E-state index contributed by atoms with van der Waals surface area (Å²) in [4.78, 5) is 12.1. The van der Waals surface area contributed by atoms with E-state index in [0.717, 1.165) is 24.2 Å². The molecule has 2 aromatic rings. The summed E-state index contributed by atoms with van der Waals surface area (Å²) in [6.07, 6.45) is 1.71.